The Morgan fingerprint density at radius 1 is 1.20 bits per heavy atom. The summed E-state index contributed by atoms with van der Waals surface area (Å²) in [6.07, 6.45) is 5.23. The molecule has 25 heavy (non-hydrogen) atoms. The number of unbranched alkanes of at least 4 members (excludes halogenated alkanes) is 1. The van der Waals surface area contributed by atoms with Crippen LogP contribution in [0.4, 0.5) is 5.82 Å². The molecule has 1 aromatic carbocycles. The number of hydrogen-bond acceptors (Lipinski definition) is 6. The van der Waals surface area contributed by atoms with Crippen LogP contribution in [0.15, 0.2) is 30.9 Å². The minimum Gasteiger partial charge on any atom is -0.508 e. The van der Waals surface area contributed by atoms with E-state index < -0.39 is 0 Å². The smallest absolute Gasteiger partial charge is 0.165 e. The number of fused-ring (bicyclic) bond motifs is 1. The predicted octanol–water partition coefficient (Wildman–Crippen LogP) is 3.17. The largest absolute Gasteiger partial charge is 0.508 e. The lowest BCUT2D eigenvalue weighted by atomic mass is 10.2. The molecule has 3 rings (SSSR count). The van der Waals surface area contributed by atoms with Crippen LogP contribution in [0.3, 0.4) is 0 Å². The first-order valence-corrected chi connectivity index (χ1v) is 8.57. The zero-order chi connectivity index (χ0) is 17.6. The van der Waals surface area contributed by atoms with Crippen molar-refractivity contribution < 1.29 is 9.84 Å². The average Bonchev–Trinajstić information content (AvgIpc) is 3.03. The maximum atomic E-state index is 9.74. The van der Waals surface area contributed by atoms with E-state index in [0.29, 0.717) is 24.0 Å². The summed E-state index contributed by atoms with van der Waals surface area (Å²) in [6, 6.07) is 5.10. The van der Waals surface area contributed by atoms with E-state index >= 15 is 0 Å². The molecule has 8 heteroatoms. The molecule has 0 aliphatic heterocycles. The average molecular weight is 362 g/mol. The number of imidazole rings is 1. The van der Waals surface area contributed by atoms with Gasteiger partial charge in [0.2, 0.25) is 0 Å². The second-order valence-electron chi connectivity index (χ2n) is 5.62. The molecule has 0 amide bonds. The summed E-state index contributed by atoms with van der Waals surface area (Å²) in [6.45, 7) is 1.30. The summed E-state index contributed by atoms with van der Waals surface area (Å²) in [7, 11) is 1.57. The van der Waals surface area contributed by atoms with Crippen LogP contribution in [-0.4, -0.2) is 37.6 Å². The summed E-state index contributed by atoms with van der Waals surface area (Å²) in [5.74, 6) is 2.08. The summed E-state index contributed by atoms with van der Waals surface area (Å²) >= 11 is 5.73. The first kappa shape index (κ1) is 17.3. The molecule has 0 unspecified atom stereocenters. The number of hydrogen-bond donors (Lipinski definition) is 2. The highest BCUT2D eigenvalue weighted by atomic mass is 35.5. The molecule has 2 aromatic heterocycles. The van der Waals surface area contributed by atoms with E-state index in [1.807, 2.05) is 10.6 Å². The molecular weight excluding hydrogens is 342 g/mol. The van der Waals surface area contributed by atoms with Crippen LogP contribution in [-0.2, 0) is 13.1 Å². The Labute approximate surface area is 150 Å². The number of aromatic hydroxyl groups is 1. The summed E-state index contributed by atoms with van der Waals surface area (Å²) in [4.78, 5) is 13.0. The Morgan fingerprint density at radius 3 is 2.88 bits per heavy atom. The number of nitrogens with one attached hydrogen (secondary N) is 1. The van der Waals surface area contributed by atoms with Gasteiger partial charge in [0.05, 0.1) is 13.4 Å². The number of phenols is 1. The van der Waals surface area contributed by atoms with Gasteiger partial charge >= 0.3 is 0 Å². The van der Waals surface area contributed by atoms with Gasteiger partial charge in [0, 0.05) is 25.0 Å². The fourth-order valence-electron chi connectivity index (χ4n) is 2.60. The molecule has 0 saturated heterocycles. The third-order valence-electron chi connectivity index (χ3n) is 3.83. The third-order valence-corrected chi connectivity index (χ3v) is 4.10. The molecule has 132 valence electrons. The maximum Gasteiger partial charge on any atom is 0.165 e. The molecule has 0 saturated carbocycles. The fraction of sp³-hybridized carbons (Fsp3) is 0.353. The molecule has 0 aliphatic carbocycles. The molecule has 2 N–H and O–H groups in total. The highest BCUT2D eigenvalue weighted by Gasteiger charge is 2.10. The van der Waals surface area contributed by atoms with Gasteiger partial charge in [-0.05, 0) is 30.5 Å². The normalized spacial score (nSPS) is 11.0. The molecule has 0 radical (unpaired) electrons. The number of aromatic nitrogens is 4. The summed E-state index contributed by atoms with van der Waals surface area (Å²) in [5.41, 5.74) is 2.39. The van der Waals surface area contributed by atoms with Gasteiger partial charge in [-0.1, -0.05) is 0 Å². The van der Waals surface area contributed by atoms with Gasteiger partial charge < -0.3 is 19.7 Å². The zero-order valence-electron chi connectivity index (χ0n) is 13.9. The van der Waals surface area contributed by atoms with E-state index in [-0.39, 0.29) is 5.75 Å². The lowest BCUT2D eigenvalue weighted by Crippen LogP contribution is -2.04. The van der Waals surface area contributed by atoms with E-state index in [9.17, 15) is 5.11 Å². The Hall–Kier alpha value is -2.54. The van der Waals surface area contributed by atoms with Crippen molar-refractivity contribution >= 4 is 28.6 Å². The van der Waals surface area contributed by atoms with Crippen LogP contribution < -0.4 is 10.1 Å². The number of rotatable bonds is 8. The second kappa shape index (κ2) is 8.02. The molecule has 0 aliphatic rings. The quantitative estimate of drug-likeness (QED) is 0.473. The minimum atomic E-state index is 0.160. The van der Waals surface area contributed by atoms with Crippen LogP contribution in [0.25, 0.3) is 11.2 Å². The van der Waals surface area contributed by atoms with E-state index in [1.54, 1.807) is 25.6 Å². The topological polar surface area (TPSA) is 85.1 Å². The van der Waals surface area contributed by atoms with Crippen molar-refractivity contribution in [3.05, 3.63) is 36.4 Å². The number of ether oxygens (including phenoxy) is 1. The van der Waals surface area contributed by atoms with Crippen molar-refractivity contribution in [1.29, 1.82) is 0 Å². The SMILES string of the molecule is COc1cc(O)cc(CNc2ncnc3c2ncn3CCCCCl)c1. The fourth-order valence-corrected chi connectivity index (χ4v) is 2.79. The highest BCUT2D eigenvalue weighted by Crippen LogP contribution is 2.23. The molecule has 3 aromatic rings. The van der Waals surface area contributed by atoms with Gasteiger partial charge in [-0.3, -0.25) is 0 Å². The molecule has 0 spiro atoms. The standard InChI is InChI=1S/C17H20ClN5O2/c1-25-14-7-12(6-13(24)8-14)9-19-16-15-17(21-10-20-16)23(11-22-15)5-3-2-4-18/h6-8,10-11,24H,2-5,9H2,1H3,(H,19,20,21). The monoisotopic (exact) mass is 361 g/mol. The number of phenolic OH excluding ortho intramolecular Hbond substituents is 1. The second-order valence-corrected chi connectivity index (χ2v) is 6.00. The maximum absolute atomic E-state index is 9.74. The molecule has 0 fully saturated rings. The lowest BCUT2D eigenvalue weighted by Gasteiger charge is -2.09. The molecule has 0 atom stereocenters. The Bertz CT molecular complexity index is 852. The third kappa shape index (κ3) is 4.11. The van der Waals surface area contributed by atoms with Crippen molar-refractivity contribution in [2.24, 2.45) is 0 Å². The van der Waals surface area contributed by atoms with Crippen LogP contribution in [0, 0.1) is 0 Å². The lowest BCUT2D eigenvalue weighted by molar-refractivity contribution is 0.407. The van der Waals surface area contributed by atoms with Gasteiger partial charge in [0.25, 0.3) is 0 Å². The van der Waals surface area contributed by atoms with Crippen LogP contribution in [0.2, 0.25) is 0 Å². The van der Waals surface area contributed by atoms with Crippen molar-refractivity contribution in [2.75, 3.05) is 18.3 Å². The van der Waals surface area contributed by atoms with Crippen LogP contribution >= 0.6 is 11.6 Å². The predicted molar refractivity (Wildman–Crippen MR) is 97.3 cm³/mol. The minimum absolute atomic E-state index is 0.160. The van der Waals surface area contributed by atoms with Crippen molar-refractivity contribution in [3.8, 4) is 11.5 Å². The number of alkyl halides is 1. The summed E-state index contributed by atoms with van der Waals surface area (Å²) < 4.78 is 7.18. The zero-order valence-corrected chi connectivity index (χ0v) is 14.7. The van der Waals surface area contributed by atoms with Gasteiger partial charge in [0.1, 0.15) is 23.3 Å². The number of aryl methyl sites for hydroxylation is 1. The summed E-state index contributed by atoms with van der Waals surface area (Å²) in [5, 5.41) is 13.0. The number of nitrogens with zero attached hydrogens (tertiary/aromatic N) is 4. The van der Waals surface area contributed by atoms with E-state index in [2.05, 4.69) is 20.3 Å². The van der Waals surface area contributed by atoms with Crippen LogP contribution in [0.1, 0.15) is 18.4 Å². The molecule has 0 bridgehead atoms. The number of halogens is 1. The number of methoxy groups -OCH3 is 1. The number of anilines is 1. The van der Waals surface area contributed by atoms with Gasteiger partial charge in [0.15, 0.2) is 11.5 Å². The molecular formula is C17H20ClN5O2. The van der Waals surface area contributed by atoms with E-state index in [1.165, 1.54) is 6.33 Å². The van der Waals surface area contributed by atoms with Crippen molar-refractivity contribution in [1.82, 2.24) is 19.5 Å². The van der Waals surface area contributed by atoms with Gasteiger partial charge in [-0.2, -0.15) is 0 Å². The number of benzene rings is 1. The Kier molecular flexibility index (Phi) is 5.55. The van der Waals surface area contributed by atoms with Crippen molar-refractivity contribution in [3.63, 3.8) is 0 Å². The Balaban J connectivity index is 1.76. The van der Waals surface area contributed by atoms with Crippen LogP contribution in [0.5, 0.6) is 11.5 Å². The van der Waals surface area contributed by atoms with Gasteiger partial charge in [-0.15, -0.1) is 11.6 Å². The van der Waals surface area contributed by atoms with E-state index in [4.69, 9.17) is 16.3 Å². The molecule has 2 heterocycles. The highest BCUT2D eigenvalue weighted by molar-refractivity contribution is 6.17. The first-order valence-electron chi connectivity index (χ1n) is 8.04. The molecule has 7 nitrogen and oxygen atoms in total. The Morgan fingerprint density at radius 2 is 2.08 bits per heavy atom. The first-order chi connectivity index (χ1) is 12.2. The van der Waals surface area contributed by atoms with E-state index in [0.717, 1.165) is 36.1 Å². The van der Waals surface area contributed by atoms with Gasteiger partial charge in [-0.25, -0.2) is 15.0 Å². The van der Waals surface area contributed by atoms with Crippen molar-refractivity contribution in [2.45, 2.75) is 25.9 Å².